The Morgan fingerprint density at radius 1 is 1.32 bits per heavy atom. The van der Waals surface area contributed by atoms with Gasteiger partial charge < -0.3 is 10.2 Å². The number of likely N-dealkylation sites (tertiary alicyclic amines) is 1. The molecule has 2 atom stereocenters. The van der Waals surface area contributed by atoms with E-state index >= 15 is 0 Å². The molecule has 1 saturated heterocycles. The fourth-order valence-corrected chi connectivity index (χ4v) is 2.60. The summed E-state index contributed by atoms with van der Waals surface area (Å²) in [6, 6.07) is -0.0735. The van der Waals surface area contributed by atoms with Gasteiger partial charge in [-0.05, 0) is 33.1 Å². The molecule has 0 bridgehead atoms. The van der Waals surface area contributed by atoms with E-state index in [4.69, 9.17) is 0 Å². The van der Waals surface area contributed by atoms with Crippen LogP contribution in [-0.2, 0) is 9.59 Å². The van der Waals surface area contributed by atoms with Gasteiger partial charge in [0, 0.05) is 19.0 Å². The lowest BCUT2D eigenvalue weighted by molar-refractivity contribution is -0.136. The normalized spacial score (nSPS) is 20.4. The van der Waals surface area contributed by atoms with Gasteiger partial charge in [-0.15, -0.1) is 0 Å². The van der Waals surface area contributed by atoms with Crippen molar-refractivity contribution in [2.24, 2.45) is 0 Å². The van der Waals surface area contributed by atoms with E-state index in [9.17, 15) is 9.59 Å². The first-order chi connectivity index (χ1) is 9.06. The molecule has 110 valence electrons. The van der Waals surface area contributed by atoms with Gasteiger partial charge in [0.25, 0.3) is 0 Å². The fraction of sp³-hybridized carbons (Fsp3) is 0.867. The maximum atomic E-state index is 12.2. The zero-order valence-electron chi connectivity index (χ0n) is 12.6. The van der Waals surface area contributed by atoms with E-state index in [1.807, 2.05) is 4.90 Å². The van der Waals surface area contributed by atoms with E-state index in [2.05, 4.69) is 19.2 Å². The fourth-order valence-electron chi connectivity index (χ4n) is 2.60. The number of carbonyl (C=O) groups excluding carboxylic acids is 2. The van der Waals surface area contributed by atoms with Gasteiger partial charge in [0.05, 0.1) is 0 Å². The molecule has 2 unspecified atom stereocenters. The summed E-state index contributed by atoms with van der Waals surface area (Å²) >= 11 is 0. The summed E-state index contributed by atoms with van der Waals surface area (Å²) in [6.45, 7) is 6.84. The molecule has 4 heteroatoms. The SMILES string of the molecule is CCCCCCC(=O)NC(C)C(=O)N1CCCC1C. The highest BCUT2D eigenvalue weighted by molar-refractivity contribution is 5.87. The topological polar surface area (TPSA) is 49.4 Å². The van der Waals surface area contributed by atoms with Crippen LogP contribution in [0.2, 0.25) is 0 Å². The second-order valence-corrected chi connectivity index (χ2v) is 5.62. The molecule has 1 N–H and O–H groups in total. The third-order valence-electron chi connectivity index (χ3n) is 3.84. The Labute approximate surface area is 116 Å². The van der Waals surface area contributed by atoms with E-state index in [0.717, 1.165) is 32.2 Å². The molecule has 0 aliphatic carbocycles. The molecule has 0 spiro atoms. The van der Waals surface area contributed by atoms with E-state index in [1.54, 1.807) is 6.92 Å². The van der Waals surface area contributed by atoms with Crippen LogP contribution in [0.15, 0.2) is 0 Å². The molecule has 1 aliphatic heterocycles. The third-order valence-corrected chi connectivity index (χ3v) is 3.84. The van der Waals surface area contributed by atoms with Crippen molar-refractivity contribution in [1.29, 1.82) is 0 Å². The van der Waals surface area contributed by atoms with Gasteiger partial charge in [0.2, 0.25) is 11.8 Å². The maximum Gasteiger partial charge on any atom is 0.245 e. The Morgan fingerprint density at radius 2 is 2.05 bits per heavy atom. The van der Waals surface area contributed by atoms with Crippen LogP contribution in [0.1, 0.15) is 65.7 Å². The molecule has 0 aromatic heterocycles. The molecule has 0 aromatic carbocycles. The van der Waals surface area contributed by atoms with E-state index in [-0.39, 0.29) is 17.9 Å². The van der Waals surface area contributed by atoms with Gasteiger partial charge in [-0.3, -0.25) is 9.59 Å². The van der Waals surface area contributed by atoms with Crippen LogP contribution < -0.4 is 5.32 Å². The second-order valence-electron chi connectivity index (χ2n) is 5.62. The lowest BCUT2D eigenvalue weighted by Crippen LogP contribution is -2.47. The summed E-state index contributed by atoms with van der Waals surface area (Å²) in [5.41, 5.74) is 0. The van der Waals surface area contributed by atoms with Gasteiger partial charge in [-0.1, -0.05) is 26.2 Å². The third kappa shape index (κ3) is 5.21. The first-order valence-corrected chi connectivity index (χ1v) is 7.66. The van der Waals surface area contributed by atoms with Gasteiger partial charge >= 0.3 is 0 Å². The summed E-state index contributed by atoms with van der Waals surface area (Å²) < 4.78 is 0. The molecular weight excluding hydrogens is 240 g/mol. The number of nitrogens with one attached hydrogen (secondary N) is 1. The number of hydrogen-bond donors (Lipinski definition) is 1. The van der Waals surface area contributed by atoms with Crippen LogP contribution in [0.4, 0.5) is 0 Å². The van der Waals surface area contributed by atoms with Crippen molar-refractivity contribution in [2.75, 3.05) is 6.54 Å². The molecule has 1 fully saturated rings. The van der Waals surface area contributed by atoms with Gasteiger partial charge in [0.15, 0.2) is 0 Å². The molecular formula is C15H28N2O2. The van der Waals surface area contributed by atoms with Crippen molar-refractivity contribution in [1.82, 2.24) is 10.2 Å². The van der Waals surface area contributed by atoms with Crippen molar-refractivity contribution >= 4 is 11.8 Å². The molecule has 0 radical (unpaired) electrons. The van der Waals surface area contributed by atoms with Crippen molar-refractivity contribution in [3.63, 3.8) is 0 Å². The smallest absolute Gasteiger partial charge is 0.245 e. The Bertz CT molecular complexity index is 305. The highest BCUT2D eigenvalue weighted by Crippen LogP contribution is 2.17. The zero-order chi connectivity index (χ0) is 14.3. The molecule has 2 amide bonds. The molecule has 19 heavy (non-hydrogen) atoms. The Kier molecular flexibility index (Phi) is 6.89. The minimum atomic E-state index is -0.390. The van der Waals surface area contributed by atoms with Crippen LogP contribution in [-0.4, -0.2) is 35.3 Å². The van der Waals surface area contributed by atoms with E-state index < -0.39 is 0 Å². The molecule has 4 nitrogen and oxygen atoms in total. The molecule has 0 aromatic rings. The average molecular weight is 268 g/mol. The van der Waals surface area contributed by atoms with Crippen LogP contribution in [0.25, 0.3) is 0 Å². The number of hydrogen-bond acceptors (Lipinski definition) is 2. The number of amides is 2. The first-order valence-electron chi connectivity index (χ1n) is 7.66. The summed E-state index contributed by atoms with van der Waals surface area (Å²) in [4.78, 5) is 25.8. The number of nitrogens with zero attached hydrogens (tertiary/aromatic N) is 1. The van der Waals surface area contributed by atoms with Crippen molar-refractivity contribution in [2.45, 2.75) is 77.8 Å². The van der Waals surface area contributed by atoms with Crippen LogP contribution in [0.3, 0.4) is 0 Å². The summed E-state index contributed by atoms with van der Waals surface area (Å²) in [5, 5.41) is 2.82. The van der Waals surface area contributed by atoms with Crippen LogP contribution >= 0.6 is 0 Å². The molecule has 1 heterocycles. The van der Waals surface area contributed by atoms with Crippen molar-refractivity contribution in [3.05, 3.63) is 0 Å². The summed E-state index contributed by atoms with van der Waals surface area (Å²) in [7, 11) is 0. The minimum absolute atomic E-state index is 0.00352. The minimum Gasteiger partial charge on any atom is -0.345 e. The predicted octanol–water partition coefficient (Wildman–Crippen LogP) is 2.47. The predicted molar refractivity (Wildman–Crippen MR) is 76.8 cm³/mol. The summed E-state index contributed by atoms with van der Waals surface area (Å²) in [6.07, 6.45) is 7.04. The zero-order valence-corrected chi connectivity index (χ0v) is 12.6. The molecule has 0 saturated carbocycles. The Morgan fingerprint density at radius 3 is 2.63 bits per heavy atom. The first kappa shape index (κ1) is 16.0. The second kappa shape index (κ2) is 8.18. The maximum absolute atomic E-state index is 12.2. The number of rotatable bonds is 7. The Balaban J connectivity index is 2.27. The van der Waals surface area contributed by atoms with Crippen LogP contribution in [0, 0.1) is 0 Å². The van der Waals surface area contributed by atoms with E-state index in [0.29, 0.717) is 12.5 Å². The van der Waals surface area contributed by atoms with Gasteiger partial charge in [-0.2, -0.15) is 0 Å². The van der Waals surface area contributed by atoms with Gasteiger partial charge in [0.1, 0.15) is 6.04 Å². The number of unbranched alkanes of at least 4 members (excludes halogenated alkanes) is 3. The quantitative estimate of drug-likeness (QED) is 0.721. The number of carbonyl (C=O) groups is 2. The highest BCUT2D eigenvalue weighted by Gasteiger charge is 2.28. The van der Waals surface area contributed by atoms with Crippen molar-refractivity contribution in [3.8, 4) is 0 Å². The van der Waals surface area contributed by atoms with Crippen LogP contribution in [0.5, 0.6) is 0 Å². The molecule has 1 rings (SSSR count). The molecule has 1 aliphatic rings. The monoisotopic (exact) mass is 268 g/mol. The standard InChI is InChI=1S/C15H28N2O2/c1-4-5-6-7-10-14(18)16-13(3)15(19)17-11-8-9-12(17)2/h12-13H,4-11H2,1-3H3,(H,16,18). The lowest BCUT2D eigenvalue weighted by atomic mass is 10.1. The average Bonchev–Trinajstić information content (AvgIpc) is 2.80. The largest absolute Gasteiger partial charge is 0.345 e. The van der Waals surface area contributed by atoms with E-state index in [1.165, 1.54) is 12.8 Å². The lowest BCUT2D eigenvalue weighted by Gasteiger charge is -2.25. The van der Waals surface area contributed by atoms with Crippen molar-refractivity contribution < 1.29 is 9.59 Å². The highest BCUT2D eigenvalue weighted by atomic mass is 16.2. The Hall–Kier alpha value is -1.06. The van der Waals surface area contributed by atoms with Gasteiger partial charge in [-0.25, -0.2) is 0 Å². The summed E-state index contributed by atoms with van der Waals surface area (Å²) in [5.74, 6) is 0.0655.